The molecule has 1 atom stereocenters. The smallest absolute Gasteiger partial charge is 0.301 e. The molecule has 0 radical (unpaired) electrons. The van der Waals surface area contributed by atoms with Gasteiger partial charge in [-0.15, -0.1) is 0 Å². The molecule has 1 aliphatic heterocycles. The average Bonchev–Trinajstić information content (AvgIpc) is 3.54. The molecule has 6 nitrogen and oxygen atoms in total. The second kappa shape index (κ2) is 15.4. The Bertz CT molecular complexity index is 2560. The summed E-state index contributed by atoms with van der Waals surface area (Å²) in [6.45, 7) is 0. The molecule has 8 aromatic carbocycles. The van der Waals surface area contributed by atoms with Crippen LogP contribution in [0.1, 0.15) is 0 Å². The lowest BCUT2D eigenvalue weighted by Crippen LogP contribution is -2.29. The summed E-state index contributed by atoms with van der Waals surface area (Å²) < 4.78 is 22.8. The molecule has 1 unspecified atom stereocenters. The zero-order valence-electron chi connectivity index (χ0n) is 30.4. The molecular formula is C48H38N4O2P2. The van der Waals surface area contributed by atoms with Crippen molar-refractivity contribution in [2.24, 2.45) is 0 Å². The lowest BCUT2D eigenvalue weighted by Gasteiger charge is -2.35. The van der Waals surface area contributed by atoms with E-state index < -0.39 is 15.7 Å². The Balaban J connectivity index is 1.28. The molecule has 8 aromatic rings. The third kappa shape index (κ3) is 6.55. The van der Waals surface area contributed by atoms with Crippen LogP contribution >= 0.6 is 15.7 Å². The number of benzene rings is 8. The summed E-state index contributed by atoms with van der Waals surface area (Å²) in [6, 6.07) is 72.1. The van der Waals surface area contributed by atoms with E-state index in [2.05, 4.69) is 17.4 Å². The first-order valence-corrected chi connectivity index (χ1v) is 21.3. The molecule has 0 bridgehead atoms. The molecule has 272 valence electrons. The van der Waals surface area contributed by atoms with E-state index >= 15 is 4.57 Å². The van der Waals surface area contributed by atoms with Gasteiger partial charge in [0.05, 0.1) is 28.1 Å². The summed E-state index contributed by atoms with van der Waals surface area (Å²) in [6.07, 6.45) is 0. The van der Waals surface area contributed by atoms with E-state index in [0.29, 0.717) is 10.6 Å². The predicted octanol–water partition coefficient (Wildman–Crippen LogP) is 12.7. The Morgan fingerprint density at radius 3 is 1.57 bits per heavy atom. The van der Waals surface area contributed by atoms with Gasteiger partial charge in [-0.1, -0.05) is 127 Å². The van der Waals surface area contributed by atoms with Gasteiger partial charge in [-0.3, -0.25) is 18.6 Å². The van der Waals surface area contributed by atoms with Gasteiger partial charge in [0.25, 0.3) is 0 Å². The first kappa shape index (κ1) is 35.3. The third-order valence-corrected chi connectivity index (χ3v) is 14.3. The van der Waals surface area contributed by atoms with Crippen LogP contribution in [0.25, 0.3) is 11.1 Å². The fourth-order valence-electron chi connectivity index (χ4n) is 7.32. The molecule has 0 amide bonds. The van der Waals surface area contributed by atoms with Crippen molar-refractivity contribution < 1.29 is 9.46 Å². The summed E-state index contributed by atoms with van der Waals surface area (Å²) in [5, 5.41) is 4.84. The van der Waals surface area contributed by atoms with Gasteiger partial charge in [-0.05, 0) is 102 Å². The van der Waals surface area contributed by atoms with Gasteiger partial charge in [-0.2, -0.15) is 0 Å². The van der Waals surface area contributed by atoms with E-state index in [1.165, 1.54) is 0 Å². The van der Waals surface area contributed by atoms with Crippen LogP contribution in [0.3, 0.4) is 0 Å². The standard InChI is InChI=1S/C48H38N4O2P2/c53-55(50(40-24-10-3-11-25-40)46-31-17-16-30-45(46)49-39-22-8-2-9-23-39)43-34-38(37-20-6-1-7-21-37)35-44(36-43)56(54)51(41-26-12-4-13-27-41)47-32-18-19-33-48(47)52(56)42-28-14-5-15-29-42/h1-36,49,53H. The summed E-state index contributed by atoms with van der Waals surface area (Å²) >= 11 is 0. The molecule has 0 saturated carbocycles. The quantitative estimate of drug-likeness (QED) is 0.135. The highest BCUT2D eigenvalue weighted by Crippen LogP contribution is 2.70. The fourth-order valence-corrected chi connectivity index (χ4v) is 12.0. The lowest BCUT2D eigenvalue weighted by atomic mass is 10.1. The van der Waals surface area contributed by atoms with Crippen molar-refractivity contribution in [1.29, 1.82) is 0 Å². The van der Waals surface area contributed by atoms with Crippen molar-refractivity contribution in [2.75, 3.05) is 19.3 Å². The summed E-state index contributed by atoms with van der Waals surface area (Å²) in [4.78, 5) is 13.0. The van der Waals surface area contributed by atoms with E-state index in [1.54, 1.807) is 0 Å². The van der Waals surface area contributed by atoms with E-state index in [0.717, 1.165) is 56.6 Å². The molecular weight excluding hydrogens is 727 g/mol. The minimum Gasteiger partial charge on any atom is -0.354 e. The first-order valence-electron chi connectivity index (χ1n) is 18.5. The monoisotopic (exact) mass is 764 g/mol. The van der Waals surface area contributed by atoms with Gasteiger partial charge >= 0.3 is 7.44 Å². The predicted molar refractivity (Wildman–Crippen MR) is 236 cm³/mol. The van der Waals surface area contributed by atoms with Crippen molar-refractivity contribution in [3.63, 3.8) is 0 Å². The summed E-state index contributed by atoms with van der Waals surface area (Å²) in [5.74, 6) is 0. The van der Waals surface area contributed by atoms with Gasteiger partial charge in [0.1, 0.15) is 0 Å². The van der Waals surface area contributed by atoms with Crippen LogP contribution in [-0.4, -0.2) is 4.89 Å². The number of para-hydroxylation sites is 8. The van der Waals surface area contributed by atoms with Crippen LogP contribution in [0.15, 0.2) is 218 Å². The molecule has 9 rings (SSSR count). The number of nitrogens with one attached hydrogen (secondary N) is 1. The molecule has 0 aromatic heterocycles. The maximum Gasteiger partial charge on any atom is 0.301 e. The van der Waals surface area contributed by atoms with Crippen LogP contribution in [0.4, 0.5) is 45.5 Å². The van der Waals surface area contributed by atoms with Crippen molar-refractivity contribution in [3.05, 3.63) is 218 Å². The minimum absolute atomic E-state index is 0.600. The van der Waals surface area contributed by atoms with Crippen LogP contribution in [-0.2, 0) is 4.57 Å². The molecule has 0 fully saturated rings. The van der Waals surface area contributed by atoms with E-state index in [-0.39, 0.29) is 0 Å². The van der Waals surface area contributed by atoms with Gasteiger partial charge in [0.2, 0.25) is 0 Å². The summed E-state index contributed by atoms with van der Waals surface area (Å²) in [7, 11) is -5.88. The van der Waals surface area contributed by atoms with Crippen LogP contribution in [0, 0.1) is 0 Å². The van der Waals surface area contributed by atoms with Gasteiger partial charge in [0.15, 0.2) is 8.30 Å². The molecule has 56 heavy (non-hydrogen) atoms. The number of nitrogens with zero attached hydrogens (tertiary/aromatic N) is 3. The highest BCUT2D eigenvalue weighted by Gasteiger charge is 2.49. The molecule has 1 aliphatic rings. The number of hydrogen-bond acceptors (Lipinski definition) is 4. The molecule has 8 heteroatoms. The second-order valence-corrected chi connectivity index (χ2v) is 17.3. The molecule has 2 N–H and O–H groups in total. The van der Waals surface area contributed by atoms with Crippen molar-refractivity contribution in [1.82, 2.24) is 0 Å². The fraction of sp³-hybridized carbons (Fsp3) is 0. The van der Waals surface area contributed by atoms with Crippen molar-refractivity contribution in [3.8, 4) is 11.1 Å². The second-order valence-electron chi connectivity index (χ2n) is 13.4. The topological polar surface area (TPSA) is 59.1 Å². The van der Waals surface area contributed by atoms with Gasteiger partial charge < -0.3 is 10.2 Å². The van der Waals surface area contributed by atoms with Crippen molar-refractivity contribution in [2.45, 2.75) is 0 Å². The van der Waals surface area contributed by atoms with Crippen LogP contribution < -0.4 is 29.9 Å². The van der Waals surface area contributed by atoms with E-state index in [9.17, 15) is 4.89 Å². The molecule has 1 heterocycles. The Hall–Kier alpha value is -6.42. The van der Waals surface area contributed by atoms with Gasteiger partial charge in [-0.25, -0.2) is 0 Å². The van der Waals surface area contributed by atoms with Crippen molar-refractivity contribution >= 4 is 71.9 Å². The van der Waals surface area contributed by atoms with Gasteiger partial charge in [0, 0.05) is 28.1 Å². The Morgan fingerprint density at radius 2 is 0.982 bits per heavy atom. The zero-order valence-corrected chi connectivity index (χ0v) is 32.2. The maximum absolute atomic E-state index is 16.8. The Labute approximate surface area is 328 Å². The average molecular weight is 765 g/mol. The van der Waals surface area contributed by atoms with E-state index in [1.807, 2.05) is 220 Å². The largest absolute Gasteiger partial charge is 0.354 e. The van der Waals surface area contributed by atoms with Crippen LogP contribution in [0.2, 0.25) is 0 Å². The normalized spacial score (nSPS) is 13.5. The van der Waals surface area contributed by atoms with Crippen LogP contribution in [0.5, 0.6) is 0 Å². The number of fused-ring (bicyclic) bond motifs is 1. The Kier molecular flexibility index (Phi) is 9.69. The molecule has 0 saturated heterocycles. The number of anilines is 8. The SMILES string of the molecule is O=P1(c2cc(-c3ccccc3)cc(P(O)N(c3ccccc3)c3ccccc3Nc3ccccc3)c2)N(c2ccccc2)c2ccccc2N1c1ccccc1. The van der Waals surface area contributed by atoms with E-state index in [4.69, 9.17) is 0 Å². The molecule has 0 aliphatic carbocycles. The maximum atomic E-state index is 16.8. The minimum atomic E-state index is -3.78. The zero-order chi connectivity index (χ0) is 37.9. The highest BCUT2D eigenvalue weighted by molar-refractivity contribution is 7.76. The first-order chi connectivity index (χ1) is 27.6. The number of rotatable bonds is 10. The Morgan fingerprint density at radius 1 is 0.500 bits per heavy atom. The summed E-state index contributed by atoms with van der Waals surface area (Å²) in [5.41, 5.74) is 8.53. The lowest BCUT2D eigenvalue weighted by molar-refractivity contribution is 0.582. The number of hydrogen-bond donors (Lipinski definition) is 2. The highest BCUT2D eigenvalue weighted by atomic mass is 31.2. The third-order valence-electron chi connectivity index (χ3n) is 9.83. The molecule has 0 spiro atoms.